The molecule has 1 aromatic carbocycles. The van der Waals surface area contributed by atoms with E-state index in [2.05, 4.69) is 5.32 Å². The molecule has 7 heteroatoms. The molecular formula is C12H18ClN3O3. The van der Waals surface area contributed by atoms with Crippen LogP contribution in [-0.4, -0.2) is 23.4 Å². The first-order valence-corrected chi connectivity index (χ1v) is 5.70. The van der Waals surface area contributed by atoms with Gasteiger partial charge in [0.15, 0.2) is 0 Å². The molecule has 0 aliphatic heterocycles. The molecule has 0 radical (unpaired) electrons. The predicted molar refractivity (Wildman–Crippen MR) is 75.7 cm³/mol. The van der Waals surface area contributed by atoms with Gasteiger partial charge in [-0.1, -0.05) is 6.07 Å². The van der Waals surface area contributed by atoms with Gasteiger partial charge in [-0.3, -0.25) is 14.9 Å². The summed E-state index contributed by atoms with van der Waals surface area (Å²) in [7, 11) is 0. The van der Waals surface area contributed by atoms with E-state index in [0.29, 0.717) is 18.5 Å². The van der Waals surface area contributed by atoms with Crippen LogP contribution in [0.15, 0.2) is 18.2 Å². The largest absolute Gasteiger partial charge is 0.352 e. The Morgan fingerprint density at radius 3 is 2.68 bits per heavy atom. The molecule has 3 N–H and O–H groups in total. The third-order valence-corrected chi connectivity index (χ3v) is 2.55. The normalized spacial score (nSPS) is 11.3. The molecule has 1 amide bonds. The molecule has 0 aromatic heterocycles. The fourth-order valence-corrected chi connectivity index (χ4v) is 1.46. The van der Waals surface area contributed by atoms with Crippen molar-refractivity contribution in [3.05, 3.63) is 39.4 Å². The lowest BCUT2D eigenvalue weighted by molar-refractivity contribution is -0.385. The highest BCUT2D eigenvalue weighted by Crippen LogP contribution is 2.19. The van der Waals surface area contributed by atoms with Crippen LogP contribution >= 0.6 is 12.4 Å². The molecule has 0 saturated carbocycles. The van der Waals surface area contributed by atoms with Crippen LogP contribution in [0.4, 0.5) is 5.69 Å². The van der Waals surface area contributed by atoms with E-state index in [9.17, 15) is 14.9 Å². The maximum absolute atomic E-state index is 11.7. The maximum Gasteiger partial charge on any atom is 0.273 e. The second-order valence-corrected chi connectivity index (χ2v) is 4.28. The van der Waals surface area contributed by atoms with Crippen LogP contribution < -0.4 is 11.1 Å². The summed E-state index contributed by atoms with van der Waals surface area (Å²) in [5.74, 6) is -0.321. The van der Waals surface area contributed by atoms with Gasteiger partial charge >= 0.3 is 0 Å². The van der Waals surface area contributed by atoms with Crippen molar-refractivity contribution in [1.82, 2.24) is 5.32 Å². The van der Waals surface area contributed by atoms with Crippen LogP contribution in [0, 0.1) is 17.0 Å². The summed E-state index contributed by atoms with van der Waals surface area (Å²) in [6, 6.07) is 4.44. The molecule has 0 fully saturated rings. The molecule has 0 aliphatic carbocycles. The number of benzene rings is 1. The summed E-state index contributed by atoms with van der Waals surface area (Å²) < 4.78 is 0. The molecule has 0 saturated heterocycles. The summed E-state index contributed by atoms with van der Waals surface area (Å²) in [4.78, 5) is 22.0. The zero-order valence-electron chi connectivity index (χ0n) is 10.9. The van der Waals surface area contributed by atoms with Gasteiger partial charge in [-0.2, -0.15) is 0 Å². The van der Waals surface area contributed by atoms with E-state index < -0.39 is 4.92 Å². The van der Waals surface area contributed by atoms with Gasteiger partial charge in [-0.25, -0.2) is 0 Å². The van der Waals surface area contributed by atoms with Gasteiger partial charge in [0.25, 0.3) is 11.6 Å². The minimum Gasteiger partial charge on any atom is -0.352 e. The van der Waals surface area contributed by atoms with Gasteiger partial charge in [0, 0.05) is 29.8 Å². The Bertz CT molecular complexity index is 464. The number of aryl methyl sites for hydroxylation is 1. The Kier molecular flexibility index (Phi) is 7.03. The number of nitrogens with two attached hydrogens (primary N) is 1. The predicted octanol–water partition coefficient (Wildman–Crippen LogP) is 1.79. The fourth-order valence-electron chi connectivity index (χ4n) is 1.46. The van der Waals surface area contributed by atoms with Crippen LogP contribution in [0.2, 0.25) is 0 Å². The maximum atomic E-state index is 11.7. The molecule has 106 valence electrons. The van der Waals surface area contributed by atoms with Crippen LogP contribution in [0.5, 0.6) is 0 Å². The highest BCUT2D eigenvalue weighted by atomic mass is 35.5. The van der Waals surface area contributed by atoms with E-state index in [4.69, 9.17) is 5.73 Å². The molecule has 1 atom stereocenters. The average molecular weight is 288 g/mol. The lowest BCUT2D eigenvalue weighted by Gasteiger charge is -2.07. The van der Waals surface area contributed by atoms with Gasteiger partial charge in [0.05, 0.1) is 4.92 Å². The van der Waals surface area contributed by atoms with E-state index in [-0.39, 0.29) is 35.6 Å². The van der Waals surface area contributed by atoms with E-state index in [1.54, 1.807) is 19.1 Å². The zero-order valence-corrected chi connectivity index (χ0v) is 11.7. The van der Waals surface area contributed by atoms with Crippen molar-refractivity contribution in [2.24, 2.45) is 5.73 Å². The molecule has 1 unspecified atom stereocenters. The van der Waals surface area contributed by atoms with E-state index >= 15 is 0 Å². The van der Waals surface area contributed by atoms with E-state index in [0.717, 1.165) is 0 Å². The van der Waals surface area contributed by atoms with Crippen molar-refractivity contribution in [3.63, 3.8) is 0 Å². The Morgan fingerprint density at radius 2 is 2.16 bits per heavy atom. The quantitative estimate of drug-likeness (QED) is 0.637. The van der Waals surface area contributed by atoms with Crippen LogP contribution in [0.25, 0.3) is 0 Å². The van der Waals surface area contributed by atoms with Crippen molar-refractivity contribution in [2.75, 3.05) is 6.54 Å². The van der Waals surface area contributed by atoms with E-state index in [1.807, 2.05) is 6.92 Å². The lowest BCUT2D eigenvalue weighted by Crippen LogP contribution is -2.28. The minimum atomic E-state index is -0.492. The number of carbonyl (C=O) groups excluding carboxylic acids is 1. The van der Waals surface area contributed by atoms with Crippen molar-refractivity contribution in [2.45, 2.75) is 26.3 Å². The number of nitro benzene ring substituents is 1. The minimum absolute atomic E-state index is 0. The van der Waals surface area contributed by atoms with Crippen LogP contribution in [-0.2, 0) is 0 Å². The first-order valence-electron chi connectivity index (χ1n) is 5.70. The summed E-state index contributed by atoms with van der Waals surface area (Å²) >= 11 is 0. The highest BCUT2D eigenvalue weighted by molar-refractivity contribution is 5.94. The van der Waals surface area contributed by atoms with Gasteiger partial charge in [0.1, 0.15) is 0 Å². The zero-order chi connectivity index (χ0) is 13.7. The standard InChI is InChI=1S/C12H17N3O3.ClH/c1-8-3-4-10(7-11(8)15(17)18)12(16)14-6-5-9(2)13;/h3-4,7,9H,5-6,13H2,1-2H3,(H,14,16);1H. The lowest BCUT2D eigenvalue weighted by atomic mass is 10.1. The van der Waals surface area contributed by atoms with Crippen LogP contribution in [0.3, 0.4) is 0 Å². The molecule has 6 nitrogen and oxygen atoms in total. The first-order chi connectivity index (χ1) is 8.41. The topological polar surface area (TPSA) is 98.3 Å². The summed E-state index contributed by atoms with van der Waals surface area (Å²) in [5, 5.41) is 13.4. The van der Waals surface area contributed by atoms with Crippen molar-refractivity contribution < 1.29 is 9.72 Å². The Morgan fingerprint density at radius 1 is 1.53 bits per heavy atom. The number of rotatable bonds is 5. The Balaban J connectivity index is 0.00000324. The second kappa shape index (κ2) is 7.70. The SMILES string of the molecule is Cc1ccc(C(=O)NCCC(C)N)cc1[N+](=O)[O-].Cl. The van der Waals surface area contributed by atoms with E-state index in [1.165, 1.54) is 6.07 Å². The molecule has 1 rings (SSSR count). The van der Waals surface area contributed by atoms with Crippen LogP contribution in [0.1, 0.15) is 29.3 Å². The molecule has 19 heavy (non-hydrogen) atoms. The van der Waals surface area contributed by atoms with Crippen molar-refractivity contribution >= 4 is 24.0 Å². The summed E-state index contributed by atoms with van der Waals surface area (Å²) in [6.07, 6.45) is 0.666. The third kappa shape index (κ3) is 5.23. The molecule has 0 bridgehead atoms. The van der Waals surface area contributed by atoms with Crippen molar-refractivity contribution in [1.29, 1.82) is 0 Å². The second-order valence-electron chi connectivity index (χ2n) is 4.28. The number of hydrogen-bond acceptors (Lipinski definition) is 4. The van der Waals surface area contributed by atoms with Crippen molar-refractivity contribution in [3.8, 4) is 0 Å². The highest BCUT2D eigenvalue weighted by Gasteiger charge is 2.14. The van der Waals surface area contributed by atoms with Gasteiger partial charge in [-0.05, 0) is 26.3 Å². The number of nitrogens with one attached hydrogen (secondary N) is 1. The number of amides is 1. The Labute approximate surface area is 117 Å². The van der Waals surface area contributed by atoms with Gasteiger partial charge < -0.3 is 11.1 Å². The number of hydrogen-bond donors (Lipinski definition) is 2. The molecular weight excluding hydrogens is 270 g/mol. The first kappa shape index (κ1) is 17.3. The average Bonchev–Trinajstić information content (AvgIpc) is 2.28. The summed E-state index contributed by atoms with van der Waals surface area (Å²) in [6.45, 7) is 3.94. The number of carbonyl (C=O) groups is 1. The number of halogens is 1. The van der Waals surface area contributed by atoms with Gasteiger partial charge in [-0.15, -0.1) is 12.4 Å². The van der Waals surface area contributed by atoms with Gasteiger partial charge in [0.2, 0.25) is 0 Å². The number of nitrogens with zero attached hydrogens (tertiary/aromatic N) is 1. The fraction of sp³-hybridized carbons (Fsp3) is 0.417. The third-order valence-electron chi connectivity index (χ3n) is 2.55. The number of nitro groups is 1. The smallest absolute Gasteiger partial charge is 0.273 e. The molecule has 1 aromatic rings. The Hall–Kier alpha value is -1.66. The summed E-state index contributed by atoms with van der Waals surface area (Å²) in [5.41, 5.74) is 6.34. The molecule has 0 spiro atoms. The molecule has 0 aliphatic rings. The molecule has 0 heterocycles. The monoisotopic (exact) mass is 287 g/mol.